The molecular formula is C63H40N6. The Hall–Kier alpha value is -9.39. The van der Waals surface area contributed by atoms with E-state index in [9.17, 15) is 0 Å². The fourth-order valence-electron chi connectivity index (χ4n) is 10.6. The molecule has 0 saturated carbocycles. The smallest absolute Gasteiger partial charge is 0.138 e. The van der Waals surface area contributed by atoms with E-state index in [4.69, 9.17) is 9.97 Å². The number of pyridine rings is 3. The Kier molecular flexibility index (Phi) is 8.79. The number of benzene rings is 8. The zero-order valence-electron chi connectivity index (χ0n) is 37.3. The number of fused-ring (bicyclic) bond motifs is 9. The lowest BCUT2D eigenvalue weighted by atomic mass is 10.0. The molecular weight excluding hydrogens is 841 g/mol. The van der Waals surface area contributed by atoms with E-state index in [1.807, 2.05) is 18.5 Å². The van der Waals surface area contributed by atoms with Gasteiger partial charge in [-0.05, 0) is 102 Å². The highest BCUT2D eigenvalue weighted by Gasteiger charge is 2.20. The van der Waals surface area contributed by atoms with Crippen molar-refractivity contribution in [2.45, 2.75) is 0 Å². The van der Waals surface area contributed by atoms with Crippen LogP contribution in [0.2, 0.25) is 0 Å². The molecule has 6 heterocycles. The molecule has 322 valence electrons. The molecule has 6 heteroatoms. The number of aromatic nitrogens is 6. The van der Waals surface area contributed by atoms with Crippen molar-refractivity contribution in [3.8, 4) is 62.1 Å². The van der Waals surface area contributed by atoms with Crippen molar-refractivity contribution in [2.75, 3.05) is 0 Å². The monoisotopic (exact) mass is 880 g/mol. The average Bonchev–Trinajstić information content (AvgIpc) is 4.06. The maximum atomic E-state index is 5.39. The van der Waals surface area contributed by atoms with Gasteiger partial charge in [0.15, 0.2) is 0 Å². The minimum absolute atomic E-state index is 0.865. The SMILES string of the molecule is c1ccc(-c2cc(-c3ccccc3)nc(-n3c4ccccc4c4ccc(-c5cccc(-c6ccc7c(c6)c6ccccc6n7-c6ccc7c(c6)c6ccncc6n7-c6ccccc6)n5)cc43)c2)cc1. The topological polar surface area (TPSA) is 53.5 Å². The summed E-state index contributed by atoms with van der Waals surface area (Å²) in [6, 6.07) is 82.1. The van der Waals surface area contributed by atoms with Gasteiger partial charge in [0, 0.05) is 66.6 Å². The first-order chi connectivity index (χ1) is 34.2. The third kappa shape index (κ3) is 6.30. The summed E-state index contributed by atoms with van der Waals surface area (Å²) in [5.74, 6) is 0.865. The zero-order valence-corrected chi connectivity index (χ0v) is 37.3. The molecule has 0 aliphatic carbocycles. The molecule has 14 aromatic rings. The quantitative estimate of drug-likeness (QED) is 0.160. The first-order valence-electron chi connectivity index (χ1n) is 23.3. The molecule has 6 nitrogen and oxygen atoms in total. The fourth-order valence-corrected chi connectivity index (χ4v) is 10.6. The van der Waals surface area contributed by atoms with E-state index in [0.717, 1.165) is 95.2 Å². The predicted octanol–water partition coefficient (Wildman–Crippen LogP) is 15.8. The van der Waals surface area contributed by atoms with E-state index >= 15 is 0 Å². The number of hydrogen-bond donors (Lipinski definition) is 0. The van der Waals surface area contributed by atoms with Crippen molar-refractivity contribution in [3.05, 3.63) is 243 Å². The van der Waals surface area contributed by atoms with E-state index in [2.05, 4.69) is 243 Å². The molecule has 0 spiro atoms. The second-order valence-electron chi connectivity index (χ2n) is 17.7. The molecule has 0 unspecified atom stereocenters. The van der Waals surface area contributed by atoms with Gasteiger partial charge in [-0.3, -0.25) is 9.55 Å². The Labute approximate surface area is 397 Å². The number of hydrogen-bond acceptors (Lipinski definition) is 3. The number of rotatable bonds is 7. The number of nitrogens with zero attached hydrogens (tertiary/aromatic N) is 6. The van der Waals surface area contributed by atoms with Crippen LogP contribution in [0.1, 0.15) is 0 Å². The van der Waals surface area contributed by atoms with Gasteiger partial charge in [0.1, 0.15) is 5.82 Å². The Bertz CT molecular complexity index is 4240. The van der Waals surface area contributed by atoms with Gasteiger partial charge < -0.3 is 9.13 Å². The Morgan fingerprint density at radius 1 is 0.261 bits per heavy atom. The van der Waals surface area contributed by atoms with Crippen LogP contribution >= 0.6 is 0 Å². The minimum atomic E-state index is 0.865. The van der Waals surface area contributed by atoms with E-state index in [1.54, 1.807) is 0 Å². The van der Waals surface area contributed by atoms with Gasteiger partial charge in [-0.2, -0.15) is 0 Å². The van der Waals surface area contributed by atoms with Crippen molar-refractivity contribution >= 4 is 65.4 Å². The van der Waals surface area contributed by atoms with Gasteiger partial charge in [0.25, 0.3) is 0 Å². The summed E-state index contributed by atoms with van der Waals surface area (Å²) in [7, 11) is 0. The lowest BCUT2D eigenvalue weighted by Gasteiger charge is -2.13. The lowest BCUT2D eigenvalue weighted by Crippen LogP contribution is -2.00. The summed E-state index contributed by atoms with van der Waals surface area (Å²) in [5, 5.41) is 7.07. The Morgan fingerprint density at radius 3 is 1.59 bits per heavy atom. The van der Waals surface area contributed by atoms with Gasteiger partial charge in [0.05, 0.1) is 56.4 Å². The predicted molar refractivity (Wildman–Crippen MR) is 285 cm³/mol. The molecule has 0 radical (unpaired) electrons. The van der Waals surface area contributed by atoms with E-state index in [0.29, 0.717) is 0 Å². The van der Waals surface area contributed by atoms with Crippen LogP contribution in [-0.2, 0) is 0 Å². The molecule has 14 rings (SSSR count). The van der Waals surface area contributed by atoms with Crippen LogP contribution in [0, 0.1) is 0 Å². The van der Waals surface area contributed by atoms with Gasteiger partial charge in [-0.1, -0.05) is 140 Å². The summed E-state index contributed by atoms with van der Waals surface area (Å²) < 4.78 is 7.02. The summed E-state index contributed by atoms with van der Waals surface area (Å²) in [6.07, 6.45) is 3.86. The molecule has 0 N–H and O–H groups in total. The van der Waals surface area contributed by atoms with Gasteiger partial charge in [0.2, 0.25) is 0 Å². The van der Waals surface area contributed by atoms with E-state index in [1.165, 1.54) is 32.3 Å². The summed E-state index contributed by atoms with van der Waals surface area (Å²) in [5.41, 5.74) is 17.1. The molecule has 0 fully saturated rings. The molecule has 0 amide bonds. The molecule has 0 atom stereocenters. The molecule has 0 aliphatic rings. The third-order valence-electron chi connectivity index (χ3n) is 13.7. The van der Waals surface area contributed by atoms with Crippen LogP contribution in [0.4, 0.5) is 0 Å². The van der Waals surface area contributed by atoms with Crippen molar-refractivity contribution in [2.24, 2.45) is 0 Å². The largest absolute Gasteiger partial charge is 0.309 e. The summed E-state index contributed by atoms with van der Waals surface area (Å²) in [6.45, 7) is 0. The van der Waals surface area contributed by atoms with Crippen LogP contribution in [0.5, 0.6) is 0 Å². The Morgan fingerprint density at radius 2 is 0.826 bits per heavy atom. The minimum Gasteiger partial charge on any atom is -0.309 e. The highest BCUT2D eigenvalue weighted by Crippen LogP contribution is 2.40. The second-order valence-corrected chi connectivity index (χ2v) is 17.7. The summed E-state index contributed by atoms with van der Waals surface area (Å²) >= 11 is 0. The average molecular weight is 881 g/mol. The molecule has 0 aliphatic heterocycles. The van der Waals surface area contributed by atoms with Crippen LogP contribution < -0.4 is 0 Å². The highest BCUT2D eigenvalue weighted by atomic mass is 15.1. The van der Waals surface area contributed by atoms with Crippen molar-refractivity contribution in [3.63, 3.8) is 0 Å². The number of para-hydroxylation sites is 3. The maximum Gasteiger partial charge on any atom is 0.138 e. The van der Waals surface area contributed by atoms with Gasteiger partial charge in [-0.25, -0.2) is 9.97 Å². The maximum absolute atomic E-state index is 5.39. The van der Waals surface area contributed by atoms with Crippen LogP contribution in [0.3, 0.4) is 0 Å². The zero-order chi connectivity index (χ0) is 45.4. The van der Waals surface area contributed by atoms with Crippen molar-refractivity contribution in [1.82, 2.24) is 28.7 Å². The van der Waals surface area contributed by atoms with Crippen LogP contribution in [0.15, 0.2) is 243 Å². The lowest BCUT2D eigenvalue weighted by molar-refractivity contribution is 1.08. The first-order valence-corrected chi connectivity index (χ1v) is 23.3. The molecule has 6 aromatic heterocycles. The molecule has 8 aromatic carbocycles. The normalized spacial score (nSPS) is 11.8. The van der Waals surface area contributed by atoms with Crippen LogP contribution in [0.25, 0.3) is 128 Å². The first kappa shape index (κ1) is 38.8. The van der Waals surface area contributed by atoms with E-state index < -0.39 is 0 Å². The van der Waals surface area contributed by atoms with E-state index in [-0.39, 0.29) is 0 Å². The molecule has 69 heavy (non-hydrogen) atoms. The van der Waals surface area contributed by atoms with Crippen molar-refractivity contribution in [1.29, 1.82) is 0 Å². The molecule has 0 saturated heterocycles. The fraction of sp³-hybridized carbons (Fsp3) is 0. The highest BCUT2D eigenvalue weighted by molar-refractivity contribution is 6.13. The van der Waals surface area contributed by atoms with Crippen LogP contribution in [-0.4, -0.2) is 28.7 Å². The van der Waals surface area contributed by atoms with Gasteiger partial charge in [-0.15, -0.1) is 0 Å². The molecule has 0 bridgehead atoms. The third-order valence-corrected chi connectivity index (χ3v) is 13.7. The van der Waals surface area contributed by atoms with Gasteiger partial charge >= 0.3 is 0 Å². The van der Waals surface area contributed by atoms with Crippen molar-refractivity contribution < 1.29 is 0 Å². The standard InChI is InChI=1S/C63H40N6/c1-4-15-41(16-5-1)45-36-56(42-17-6-2-7-18-42)66-63(38-45)69-58-26-13-10-21-48(58)50-30-27-44(37-61(50)69)55-24-14-23-54(65-55)43-28-31-59-52(35-43)49-22-11-12-25-57(49)68(59)47-29-32-60-53(39-47)51-33-34-64-40-62(51)67(60)46-19-8-3-9-20-46/h1-40H. The summed E-state index contributed by atoms with van der Waals surface area (Å²) in [4.78, 5) is 15.3. The second kappa shape index (κ2) is 15.6. The Balaban J connectivity index is 0.889.